The largest absolute Gasteiger partial charge is 0.377 e. The molecule has 0 spiro atoms. The average molecular weight is 354 g/mol. The minimum atomic E-state index is 0.305. The molecule has 1 saturated carbocycles. The topological polar surface area (TPSA) is 76.4 Å². The minimum absolute atomic E-state index is 0.305. The van der Waals surface area contributed by atoms with Crippen LogP contribution < -0.4 is 10.6 Å². The van der Waals surface area contributed by atoms with Gasteiger partial charge in [0.2, 0.25) is 0 Å². The summed E-state index contributed by atoms with van der Waals surface area (Å²) in [5.41, 5.74) is 1.40. The first-order chi connectivity index (χ1) is 12.8. The van der Waals surface area contributed by atoms with Crippen molar-refractivity contribution in [1.82, 2.24) is 25.4 Å². The number of aromatic nitrogens is 3. The Kier molecular flexibility index (Phi) is 4.88. The predicted molar refractivity (Wildman–Crippen MR) is 100 cm³/mol. The van der Waals surface area contributed by atoms with Gasteiger partial charge in [-0.2, -0.15) is 5.10 Å². The number of aliphatic imine (C=N–C) groups is 1. The monoisotopic (exact) mass is 354 g/mol. The van der Waals surface area contributed by atoms with Crippen molar-refractivity contribution >= 4 is 5.96 Å². The summed E-state index contributed by atoms with van der Waals surface area (Å²) in [7, 11) is 3.50. The SMILES string of the molecule is CN=C(NC1CCc2nc(COC)nn2C1)NC1CC1c1ccccc1. The maximum absolute atomic E-state index is 5.13. The van der Waals surface area contributed by atoms with Crippen molar-refractivity contribution in [1.29, 1.82) is 0 Å². The van der Waals surface area contributed by atoms with Crippen LogP contribution in [0.2, 0.25) is 0 Å². The lowest BCUT2D eigenvalue weighted by Crippen LogP contribution is -2.47. The van der Waals surface area contributed by atoms with E-state index in [4.69, 9.17) is 4.74 Å². The molecule has 4 rings (SSSR count). The summed E-state index contributed by atoms with van der Waals surface area (Å²) in [6.45, 7) is 1.27. The number of benzene rings is 1. The number of aryl methyl sites for hydroxylation is 1. The second-order valence-electron chi connectivity index (χ2n) is 7.02. The summed E-state index contributed by atoms with van der Waals surface area (Å²) in [6.07, 6.45) is 3.10. The predicted octanol–water partition coefficient (Wildman–Crippen LogP) is 1.46. The lowest BCUT2D eigenvalue weighted by atomic mass is 10.1. The molecule has 2 aliphatic rings. The van der Waals surface area contributed by atoms with Crippen molar-refractivity contribution in [3.05, 3.63) is 47.5 Å². The van der Waals surface area contributed by atoms with E-state index in [2.05, 4.69) is 56.0 Å². The molecule has 7 nitrogen and oxygen atoms in total. The van der Waals surface area contributed by atoms with Gasteiger partial charge in [-0.25, -0.2) is 9.67 Å². The van der Waals surface area contributed by atoms with E-state index in [0.29, 0.717) is 24.6 Å². The smallest absolute Gasteiger partial charge is 0.191 e. The number of ether oxygens (including phenoxy) is 1. The first-order valence-electron chi connectivity index (χ1n) is 9.23. The highest BCUT2D eigenvalue weighted by Crippen LogP contribution is 2.40. The molecule has 1 aromatic heterocycles. The van der Waals surface area contributed by atoms with Crippen LogP contribution >= 0.6 is 0 Å². The summed E-state index contributed by atoms with van der Waals surface area (Å²) in [4.78, 5) is 8.94. The van der Waals surface area contributed by atoms with Crippen LogP contribution in [-0.4, -0.2) is 47.0 Å². The van der Waals surface area contributed by atoms with E-state index in [0.717, 1.165) is 43.4 Å². The van der Waals surface area contributed by atoms with Crippen LogP contribution in [0.15, 0.2) is 35.3 Å². The number of nitrogens with zero attached hydrogens (tertiary/aromatic N) is 4. The van der Waals surface area contributed by atoms with E-state index >= 15 is 0 Å². The van der Waals surface area contributed by atoms with Crippen LogP contribution in [0.1, 0.15) is 36.0 Å². The maximum atomic E-state index is 5.13. The Morgan fingerprint density at radius 3 is 2.92 bits per heavy atom. The van der Waals surface area contributed by atoms with Crippen LogP contribution in [0.4, 0.5) is 0 Å². The molecule has 0 saturated heterocycles. The third-order valence-electron chi connectivity index (χ3n) is 5.08. The van der Waals surface area contributed by atoms with Crippen molar-refractivity contribution in [3.63, 3.8) is 0 Å². The summed E-state index contributed by atoms with van der Waals surface area (Å²) in [5, 5.41) is 11.6. The molecule has 0 bridgehead atoms. The standard InChI is InChI=1S/C19H26N6O/c1-20-19(22-16-10-15(16)13-6-4-3-5-7-13)21-14-8-9-18-23-17(12-26-2)24-25(18)11-14/h3-7,14-16H,8-12H2,1-2H3,(H2,20,21,22). The second-order valence-corrected chi connectivity index (χ2v) is 7.02. The fourth-order valence-corrected chi connectivity index (χ4v) is 3.63. The molecular weight excluding hydrogens is 328 g/mol. The highest BCUT2D eigenvalue weighted by molar-refractivity contribution is 5.80. The van der Waals surface area contributed by atoms with Gasteiger partial charge in [-0.1, -0.05) is 30.3 Å². The Bertz CT molecular complexity index is 772. The van der Waals surface area contributed by atoms with Gasteiger partial charge in [-0.15, -0.1) is 0 Å². The molecule has 26 heavy (non-hydrogen) atoms. The number of guanidine groups is 1. The highest BCUT2D eigenvalue weighted by Gasteiger charge is 2.39. The van der Waals surface area contributed by atoms with Gasteiger partial charge < -0.3 is 15.4 Å². The van der Waals surface area contributed by atoms with Crippen molar-refractivity contribution < 1.29 is 4.74 Å². The molecule has 1 fully saturated rings. The first-order valence-corrected chi connectivity index (χ1v) is 9.23. The lowest BCUT2D eigenvalue weighted by molar-refractivity contribution is 0.177. The zero-order chi connectivity index (χ0) is 17.9. The number of hydrogen-bond donors (Lipinski definition) is 2. The summed E-state index contributed by atoms with van der Waals surface area (Å²) in [5.74, 6) is 3.26. The minimum Gasteiger partial charge on any atom is -0.377 e. The number of fused-ring (bicyclic) bond motifs is 1. The normalized spacial score (nSPS) is 24.8. The summed E-state index contributed by atoms with van der Waals surface area (Å²) >= 11 is 0. The fourth-order valence-electron chi connectivity index (χ4n) is 3.63. The quantitative estimate of drug-likeness (QED) is 0.628. The van der Waals surface area contributed by atoms with Gasteiger partial charge in [0.1, 0.15) is 12.4 Å². The molecule has 2 heterocycles. The Balaban J connectivity index is 1.32. The molecule has 3 unspecified atom stereocenters. The van der Waals surface area contributed by atoms with E-state index in [-0.39, 0.29) is 0 Å². The summed E-state index contributed by atoms with van der Waals surface area (Å²) < 4.78 is 7.12. The Morgan fingerprint density at radius 2 is 2.15 bits per heavy atom. The molecule has 3 atom stereocenters. The van der Waals surface area contributed by atoms with Crippen LogP contribution in [0.5, 0.6) is 0 Å². The van der Waals surface area contributed by atoms with Gasteiger partial charge in [-0.05, 0) is 18.4 Å². The molecule has 1 aliphatic heterocycles. The highest BCUT2D eigenvalue weighted by atomic mass is 16.5. The van der Waals surface area contributed by atoms with Gasteiger partial charge in [0.25, 0.3) is 0 Å². The fraction of sp³-hybridized carbons (Fsp3) is 0.526. The molecule has 2 N–H and O–H groups in total. The molecule has 1 aliphatic carbocycles. The number of nitrogens with one attached hydrogen (secondary N) is 2. The van der Waals surface area contributed by atoms with Crippen LogP contribution in [0.25, 0.3) is 0 Å². The van der Waals surface area contributed by atoms with Crippen molar-refractivity contribution in [2.75, 3.05) is 14.2 Å². The number of rotatable bonds is 5. The maximum Gasteiger partial charge on any atom is 0.191 e. The average Bonchev–Trinajstić information content (AvgIpc) is 3.32. The molecule has 138 valence electrons. The van der Waals surface area contributed by atoms with Gasteiger partial charge in [0.05, 0.1) is 6.54 Å². The number of methoxy groups -OCH3 is 1. The Hall–Kier alpha value is -2.41. The van der Waals surface area contributed by atoms with Crippen LogP contribution in [0.3, 0.4) is 0 Å². The van der Waals surface area contributed by atoms with Gasteiger partial charge in [-0.3, -0.25) is 4.99 Å². The van der Waals surface area contributed by atoms with E-state index in [1.807, 2.05) is 11.7 Å². The zero-order valence-electron chi connectivity index (χ0n) is 15.4. The van der Waals surface area contributed by atoms with E-state index < -0.39 is 0 Å². The van der Waals surface area contributed by atoms with E-state index in [9.17, 15) is 0 Å². The lowest BCUT2D eigenvalue weighted by Gasteiger charge is -2.25. The molecular formula is C19H26N6O. The molecule has 7 heteroatoms. The molecule has 0 amide bonds. The third kappa shape index (κ3) is 3.72. The van der Waals surface area contributed by atoms with Gasteiger partial charge in [0, 0.05) is 38.6 Å². The van der Waals surface area contributed by atoms with Crippen molar-refractivity contribution in [2.24, 2.45) is 4.99 Å². The van der Waals surface area contributed by atoms with E-state index in [1.165, 1.54) is 5.56 Å². The number of hydrogen-bond acceptors (Lipinski definition) is 4. The van der Waals surface area contributed by atoms with Crippen LogP contribution in [0, 0.1) is 0 Å². The van der Waals surface area contributed by atoms with E-state index in [1.54, 1.807) is 7.11 Å². The van der Waals surface area contributed by atoms with Gasteiger partial charge in [0.15, 0.2) is 11.8 Å². The van der Waals surface area contributed by atoms with Crippen molar-refractivity contribution in [2.45, 2.75) is 50.4 Å². The summed E-state index contributed by atoms with van der Waals surface area (Å²) in [6, 6.07) is 11.4. The molecule has 0 radical (unpaired) electrons. The first kappa shape index (κ1) is 17.0. The Labute approximate surface area is 153 Å². The zero-order valence-corrected chi connectivity index (χ0v) is 15.4. The van der Waals surface area contributed by atoms with Crippen LogP contribution in [-0.2, 0) is 24.3 Å². The van der Waals surface area contributed by atoms with Crippen molar-refractivity contribution in [3.8, 4) is 0 Å². The van der Waals surface area contributed by atoms with Gasteiger partial charge >= 0.3 is 0 Å². The third-order valence-corrected chi connectivity index (χ3v) is 5.08. The second kappa shape index (κ2) is 7.45. The Morgan fingerprint density at radius 1 is 1.31 bits per heavy atom. The molecule has 1 aromatic carbocycles. The molecule has 2 aromatic rings.